The summed E-state index contributed by atoms with van der Waals surface area (Å²) in [5, 5.41) is 0. The largest absolute Gasteiger partial charge is 0.471 e. The van der Waals surface area contributed by atoms with Gasteiger partial charge in [0.05, 0.1) is 11.4 Å². The Hall–Kier alpha value is -2.25. The van der Waals surface area contributed by atoms with E-state index in [1.807, 2.05) is 0 Å². The third-order valence-corrected chi connectivity index (χ3v) is 3.37. The predicted molar refractivity (Wildman–Crippen MR) is 71.9 cm³/mol. The summed E-state index contributed by atoms with van der Waals surface area (Å²) in [5.74, 6) is -2.38. The lowest BCUT2D eigenvalue weighted by Crippen LogP contribution is -2.46. The van der Waals surface area contributed by atoms with Crippen molar-refractivity contribution < 1.29 is 22.8 Å². The molecule has 0 radical (unpaired) electrons. The van der Waals surface area contributed by atoms with Gasteiger partial charge in [0.2, 0.25) is 5.91 Å². The van der Waals surface area contributed by atoms with Gasteiger partial charge in [-0.1, -0.05) is 0 Å². The molecule has 0 unspecified atom stereocenters. The van der Waals surface area contributed by atoms with E-state index in [9.17, 15) is 22.8 Å². The zero-order chi connectivity index (χ0) is 15.9. The lowest BCUT2D eigenvalue weighted by Gasteiger charge is -2.29. The average Bonchev–Trinajstić information content (AvgIpc) is 2.44. The second-order valence-electron chi connectivity index (χ2n) is 4.93. The molecule has 1 aliphatic heterocycles. The minimum Gasteiger partial charge on any atom is -0.399 e. The number of hydrogen-bond donors (Lipinski definition) is 1. The number of nitrogens with zero attached hydrogens (tertiary/aromatic N) is 2. The van der Waals surface area contributed by atoms with Gasteiger partial charge in [0, 0.05) is 25.2 Å². The zero-order valence-corrected chi connectivity index (χ0v) is 11.4. The van der Waals surface area contributed by atoms with Crippen molar-refractivity contribution in [3.8, 4) is 0 Å². The number of halogens is 3. The van der Waals surface area contributed by atoms with Gasteiger partial charge in [-0.3, -0.25) is 14.5 Å². The molecule has 0 saturated heterocycles. The average molecular weight is 301 g/mol. The summed E-state index contributed by atoms with van der Waals surface area (Å²) < 4.78 is 38.4. The Morgan fingerprint density at radius 3 is 2.52 bits per heavy atom. The van der Waals surface area contributed by atoms with Crippen LogP contribution >= 0.6 is 0 Å². The zero-order valence-electron chi connectivity index (χ0n) is 11.4. The van der Waals surface area contributed by atoms with Gasteiger partial charge < -0.3 is 10.6 Å². The van der Waals surface area contributed by atoms with Crippen LogP contribution in [0.5, 0.6) is 0 Å². The molecule has 0 bridgehead atoms. The van der Waals surface area contributed by atoms with E-state index in [1.165, 1.54) is 37.1 Å². The summed E-state index contributed by atoms with van der Waals surface area (Å²) in [6.45, 7) is 1.40. The molecule has 1 aliphatic rings. The molecule has 0 aliphatic carbocycles. The molecule has 114 valence electrons. The molecule has 5 nitrogen and oxygen atoms in total. The standard InChI is InChI=1S/C13H14F3N3O2/c1-7-5-11(20)18(2)9-4-3-8(17)6-10(9)19(7)12(21)13(14,15)16/h3-4,6-7H,5,17H2,1-2H3/t7-/m0/s1. The van der Waals surface area contributed by atoms with Crippen LogP contribution in [0.3, 0.4) is 0 Å². The summed E-state index contributed by atoms with van der Waals surface area (Å²) in [5.41, 5.74) is 6.02. The molecule has 0 spiro atoms. The molecule has 1 atom stereocenters. The summed E-state index contributed by atoms with van der Waals surface area (Å²) in [6.07, 6.45) is -5.23. The number of amides is 2. The van der Waals surface area contributed by atoms with Crippen molar-refractivity contribution in [3.63, 3.8) is 0 Å². The Kier molecular flexibility index (Phi) is 3.56. The number of rotatable bonds is 0. The Bertz CT molecular complexity index is 601. The first kappa shape index (κ1) is 15.1. The second-order valence-corrected chi connectivity index (χ2v) is 4.93. The molecule has 21 heavy (non-hydrogen) atoms. The normalized spacial score (nSPS) is 19.3. The molecule has 1 aromatic rings. The molecule has 2 N–H and O–H groups in total. The van der Waals surface area contributed by atoms with Crippen molar-refractivity contribution in [1.82, 2.24) is 0 Å². The van der Waals surface area contributed by atoms with Crippen LogP contribution < -0.4 is 15.5 Å². The van der Waals surface area contributed by atoms with Gasteiger partial charge in [-0.25, -0.2) is 0 Å². The number of anilines is 3. The van der Waals surface area contributed by atoms with Gasteiger partial charge in [0.15, 0.2) is 0 Å². The molecular weight excluding hydrogens is 287 g/mol. The second kappa shape index (κ2) is 4.94. The minimum absolute atomic E-state index is 0.0156. The quantitative estimate of drug-likeness (QED) is 0.744. The van der Waals surface area contributed by atoms with Crippen LogP contribution in [0.1, 0.15) is 13.3 Å². The van der Waals surface area contributed by atoms with Crippen LogP contribution in [0, 0.1) is 0 Å². The maximum atomic E-state index is 12.8. The first-order chi connectivity index (χ1) is 9.62. The Balaban J connectivity index is 2.64. The Morgan fingerprint density at radius 1 is 1.33 bits per heavy atom. The smallest absolute Gasteiger partial charge is 0.399 e. The first-order valence-electron chi connectivity index (χ1n) is 6.19. The molecule has 0 saturated carbocycles. The molecule has 0 fully saturated rings. The topological polar surface area (TPSA) is 66.6 Å². The number of carbonyl (C=O) groups excluding carboxylic acids is 2. The molecule has 0 aromatic heterocycles. The highest BCUT2D eigenvalue weighted by molar-refractivity contribution is 6.07. The maximum Gasteiger partial charge on any atom is 0.471 e. The van der Waals surface area contributed by atoms with Crippen molar-refractivity contribution in [1.29, 1.82) is 0 Å². The minimum atomic E-state index is -5.03. The fourth-order valence-corrected chi connectivity index (χ4v) is 2.32. The molecule has 8 heteroatoms. The van der Waals surface area contributed by atoms with Gasteiger partial charge in [-0.15, -0.1) is 0 Å². The van der Waals surface area contributed by atoms with Gasteiger partial charge in [0.25, 0.3) is 0 Å². The van der Waals surface area contributed by atoms with Gasteiger partial charge in [-0.05, 0) is 25.1 Å². The number of nitrogens with two attached hydrogens (primary N) is 1. The van der Waals surface area contributed by atoms with Gasteiger partial charge >= 0.3 is 12.1 Å². The van der Waals surface area contributed by atoms with Crippen LogP contribution in [-0.2, 0) is 9.59 Å². The number of fused-ring (bicyclic) bond motifs is 1. The van der Waals surface area contributed by atoms with Gasteiger partial charge in [0.1, 0.15) is 0 Å². The van der Waals surface area contributed by atoms with Gasteiger partial charge in [-0.2, -0.15) is 13.2 Å². The highest BCUT2D eigenvalue weighted by Crippen LogP contribution is 2.38. The van der Waals surface area contributed by atoms with Crippen LogP contribution in [0.15, 0.2) is 18.2 Å². The van der Waals surface area contributed by atoms with E-state index in [4.69, 9.17) is 5.73 Å². The van der Waals surface area contributed by atoms with E-state index in [0.29, 0.717) is 4.90 Å². The van der Waals surface area contributed by atoms with E-state index in [2.05, 4.69) is 0 Å². The van der Waals surface area contributed by atoms with Crippen molar-refractivity contribution in [2.45, 2.75) is 25.6 Å². The Morgan fingerprint density at radius 2 is 1.95 bits per heavy atom. The number of hydrogen-bond acceptors (Lipinski definition) is 3. The number of alkyl halides is 3. The molecule has 2 amide bonds. The van der Waals surface area contributed by atoms with Crippen molar-refractivity contribution in [2.24, 2.45) is 0 Å². The lowest BCUT2D eigenvalue weighted by atomic mass is 10.1. The Labute approximate surface area is 119 Å². The summed E-state index contributed by atoms with van der Waals surface area (Å²) >= 11 is 0. The highest BCUT2D eigenvalue weighted by Gasteiger charge is 2.46. The number of nitrogen functional groups attached to an aromatic ring is 1. The van der Waals surface area contributed by atoms with Crippen LogP contribution in [0.2, 0.25) is 0 Å². The third-order valence-electron chi connectivity index (χ3n) is 3.37. The fourth-order valence-electron chi connectivity index (χ4n) is 2.32. The summed E-state index contributed by atoms with van der Waals surface area (Å²) in [4.78, 5) is 25.5. The monoisotopic (exact) mass is 301 g/mol. The maximum absolute atomic E-state index is 12.8. The summed E-state index contributed by atoms with van der Waals surface area (Å²) in [6, 6.07) is 3.24. The summed E-state index contributed by atoms with van der Waals surface area (Å²) in [7, 11) is 1.45. The van der Waals surface area contributed by atoms with Crippen molar-refractivity contribution in [3.05, 3.63) is 18.2 Å². The van der Waals surface area contributed by atoms with Crippen LogP contribution in [0.25, 0.3) is 0 Å². The lowest BCUT2D eigenvalue weighted by molar-refractivity contribution is -0.170. The molecule has 2 rings (SSSR count). The van der Waals surface area contributed by atoms with E-state index in [1.54, 1.807) is 0 Å². The van der Waals surface area contributed by atoms with Crippen molar-refractivity contribution >= 4 is 28.9 Å². The SMILES string of the molecule is C[C@H]1CC(=O)N(C)c2ccc(N)cc2N1C(=O)C(F)(F)F. The van der Waals surface area contributed by atoms with Crippen LogP contribution in [0.4, 0.5) is 30.2 Å². The third kappa shape index (κ3) is 2.65. The van der Waals surface area contributed by atoms with Crippen molar-refractivity contribution in [2.75, 3.05) is 22.6 Å². The first-order valence-corrected chi connectivity index (χ1v) is 6.19. The number of carbonyl (C=O) groups is 2. The van der Waals surface area contributed by atoms with E-state index < -0.39 is 18.1 Å². The number of benzene rings is 1. The fraction of sp³-hybridized carbons (Fsp3) is 0.385. The molecule has 1 heterocycles. The predicted octanol–water partition coefficient (Wildman–Crippen LogP) is 1.92. The van der Waals surface area contributed by atoms with E-state index in [0.717, 1.165) is 0 Å². The highest BCUT2D eigenvalue weighted by atomic mass is 19.4. The molecular formula is C13H14F3N3O2. The molecule has 1 aromatic carbocycles. The van der Waals surface area contributed by atoms with E-state index >= 15 is 0 Å². The van der Waals surface area contributed by atoms with Crippen LogP contribution in [-0.4, -0.2) is 31.1 Å². The van der Waals surface area contributed by atoms with E-state index in [-0.39, 0.29) is 29.4 Å².